The van der Waals surface area contributed by atoms with E-state index in [0.717, 1.165) is 6.92 Å². The van der Waals surface area contributed by atoms with Crippen molar-refractivity contribution in [2.45, 2.75) is 13.3 Å². The van der Waals surface area contributed by atoms with Crippen molar-refractivity contribution in [1.82, 2.24) is 0 Å². The van der Waals surface area contributed by atoms with Crippen LogP contribution in [0.2, 0.25) is 0 Å². The first-order valence-corrected chi connectivity index (χ1v) is 3.53. The Balaban J connectivity index is 3.37. The Labute approximate surface area is 74.4 Å². The number of hydrogen-bond acceptors (Lipinski definition) is 5. The predicted molar refractivity (Wildman–Crippen MR) is 39.8 cm³/mol. The molecule has 0 aromatic heterocycles. The van der Waals surface area contributed by atoms with Gasteiger partial charge in [0.15, 0.2) is 0 Å². The summed E-state index contributed by atoms with van der Waals surface area (Å²) in [5, 5.41) is 8.13. The monoisotopic (exact) mass is 190 g/mol. The molecule has 0 atom stereocenters. The van der Waals surface area contributed by atoms with Gasteiger partial charge in [0, 0.05) is 6.92 Å². The fraction of sp³-hybridized carbons (Fsp3) is 0.571. The van der Waals surface area contributed by atoms with E-state index < -0.39 is 24.5 Å². The Bertz CT molecular complexity index is 209. The third-order valence-electron chi connectivity index (χ3n) is 0.934. The van der Waals surface area contributed by atoms with Crippen molar-refractivity contribution >= 4 is 17.9 Å². The molecule has 1 N–H and O–H groups in total. The van der Waals surface area contributed by atoms with Gasteiger partial charge < -0.3 is 14.6 Å². The summed E-state index contributed by atoms with van der Waals surface area (Å²) in [5.74, 6) is -2.53. The molecular weight excluding hydrogens is 180 g/mol. The van der Waals surface area contributed by atoms with Crippen LogP contribution in [0.3, 0.4) is 0 Å². The quantitative estimate of drug-likeness (QED) is 0.359. The number of aliphatic carboxylic acids is 1. The Hall–Kier alpha value is -1.43. The van der Waals surface area contributed by atoms with E-state index in [1.807, 2.05) is 0 Å². The molecule has 0 rings (SSSR count). The zero-order valence-electron chi connectivity index (χ0n) is 7.11. The molecule has 0 radical (unpaired) electrons. The van der Waals surface area contributed by atoms with Crippen LogP contribution in [0.15, 0.2) is 0 Å². The molecule has 0 heterocycles. The van der Waals surface area contributed by atoms with Crippen molar-refractivity contribution < 1.29 is 29.0 Å². The fourth-order valence-corrected chi connectivity index (χ4v) is 0.526. The maximum atomic E-state index is 10.6. The lowest BCUT2D eigenvalue weighted by Gasteiger charge is -1.99. The van der Waals surface area contributed by atoms with Gasteiger partial charge in [-0.2, -0.15) is 0 Å². The van der Waals surface area contributed by atoms with Crippen LogP contribution in [0.1, 0.15) is 13.3 Å². The molecule has 74 valence electrons. The van der Waals surface area contributed by atoms with Gasteiger partial charge in [0.1, 0.15) is 6.61 Å². The topological polar surface area (TPSA) is 89.9 Å². The third kappa shape index (κ3) is 8.48. The van der Waals surface area contributed by atoms with E-state index in [1.54, 1.807) is 0 Å². The summed E-state index contributed by atoms with van der Waals surface area (Å²) in [5.41, 5.74) is 0. The van der Waals surface area contributed by atoms with Gasteiger partial charge in [0.05, 0.1) is 13.0 Å². The molecular formula is C7H10O6. The van der Waals surface area contributed by atoms with E-state index in [-0.39, 0.29) is 13.0 Å². The highest BCUT2D eigenvalue weighted by Gasteiger charge is 2.06. The Morgan fingerprint density at radius 1 is 1.31 bits per heavy atom. The van der Waals surface area contributed by atoms with E-state index in [0.29, 0.717) is 0 Å². The third-order valence-corrected chi connectivity index (χ3v) is 0.934. The lowest BCUT2D eigenvalue weighted by molar-refractivity contribution is -0.159. The van der Waals surface area contributed by atoms with Gasteiger partial charge in [-0.1, -0.05) is 0 Å². The molecule has 0 unspecified atom stereocenters. The molecule has 0 amide bonds. The highest BCUT2D eigenvalue weighted by Crippen LogP contribution is 1.88. The number of hydrogen-bond donors (Lipinski definition) is 1. The molecule has 6 nitrogen and oxygen atoms in total. The Morgan fingerprint density at radius 3 is 2.38 bits per heavy atom. The minimum atomic E-state index is -1.11. The minimum Gasteiger partial charge on any atom is -0.480 e. The van der Waals surface area contributed by atoms with Gasteiger partial charge in [0.25, 0.3) is 0 Å². The molecule has 6 heteroatoms. The molecule has 0 aliphatic heterocycles. The van der Waals surface area contributed by atoms with Crippen LogP contribution in [0.4, 0.5) is 0 Å². The van der Waals surface area contributed by atoms with Gasteiger partial charge >= 0.3 is 17.9 Å². The van der Waals surface area contributed by atoms with E-state index in [4.69, 9.17) is 5.11 Å². The van der Waals surface area contributed by atoms with Crippen LogP contribution in [0.5, 0.6) is 0 Å². The van der Waals surface area contributed by atoms with Crippen molar-refractivity contribution in [3.63, 3.8) is 0 Å². The molecule has 13 heavy (non-hydrogen) atoms. The zero-order valence-corrected chi connectivity index (χ0v) is 7.11. The smallest absolute Gasteiger partial charge is 0.329 e. The largest absolute Gasteiger partial charge is 0.480 e. The number of esters is 2. The second-order valence-corrected chi connectivity index (χ2v) is 2.16. The molecule has 0 aromatic carbocycles. The van der Waals surface area contributed by atoms with Gasteiger partial charge in [-0.25, -0.2) is 4.79 Å². The van der Waals surface area contributed by atoms with E-state index >= 15 is 0 Å². The lowest BCUT2D eigenvalue weighted by atomic mass is 10.5. The average Bonchev–Trinajstić information content (AvgIpc) is 1.96. The number of ether oxygens (including phenoxy) is 2. The predicted octanol–water partition coefficient (Wildman–Crippen LogP) is -0.433. The average molecular weight is 190 g/mol. The van der Waals surface area contributed by atoms with Gasteiger partial charge in [-0.05, 0) is 0 Å². The maximum Gasteiger partial charge on any atom is 0.329 e. The minimum absolute atomic E-state index is 0.0710. The van der Waals surface area contributed by atoms with Crippen LogP contribution in [-0.4, -0.2) is 36.2 Å². The van der Waals surface area contributed by atoms with Gasteiger partial charge in [-0.15, -0.1) is 0 Å². The summed E-state index contributed by atoms with van der Waals surface area (Å²) < 4.78 is 8.69. The standard InChI is InChI=1S/C7H10O6/c1-5(8)13-7(11)2-3-12-4-6(9)10/h2-4H2,1H3,(H,9,10). The summed E-state index contributed by atoms with van der Waals surface area (Å²) >= 11 is 0. The number of carboxylic acid groups (broad SMARTS) is 1. The van der Waals surface area contributed by atoms with Crippen molar-refractivity contribution in [3.8, 4) is 0 Å². The van der Waals surface area contributed by atoms with Crippen LogP contribution in [0, 0.1) is 0 Å². The second kappa shape index (κ2) is 6.13. The van der Waals surface area contributed by atoms with E-state index in [1.165, 1.54) is 0 Å². The van der Waals surface area contributed by atoms with Crippen LogP contribution < -0.4 is 0 Å². The summed E-state index contributed by atoms with van der Waals surface area (Å²) in [6.07, 6.45) is -0.132. The SMILES string of the molecule is CC(=O)OC(=O)CCOCC(=O)O. The summed E-state index contributed by atoms with van der Waals surface area (Å²) in [4.78, 5) is 30.8. The first-order valence-electron chi connectivity index (χ1n) is 3.53. The normalized spacial score (nSPS) is 9.31. The van der Waals surface area contributed by atoms with E-state index in [2.05, 4.69) is 9.47 Å². The maximum absolute atomic E-state index is 10.6. The number of carbonyl (C=O) groups is 3. The second-order valence-electron chi connectivity index (χ2n) is 2.16. The van der Waals surface area contributed by atoms with Crippen molar-refractivity contribution in [2.75, 3.05) is 13.2 Å². The molecule has 0 aliphatic carbocycles. The van der Waals surface area contributed by atoms with E-state index in [9.17, 15) is 14.4 Å². The molecule has 0 aromatic rings. The lowest BCUT2D eigenvalue weighted by Crippen LogP contribution is -2.14. The first kappa shape index (κ1) is 11.6. The number of carboxylic acids is 1. The zero-order chi connectivity index (χ0) is 10.3. The van der Waals surface area contributed by atoms with Crippen LogP contribution in [-0.2, 0) is 23.9 Å². The van der Waals surface area contributed by atoms with Crippen LogP contribution >= 0.6 is 0 Å². The Morgan fingerprint density at radius 2 is 1.92 bits per heavy atom. The van der Waals surface area contributed by atoms with Gasteiger partial charge in [-0.3, -0.25) is 9.59 Å². The van der Waals surface area contributed by atoms with Gasteiger partial charge in [0.2, 0.25) is 0 Å². The Kier molecular flexibility index (Phi) is 5.45. The number of rotatable bonds is 5. The molecule has 0 spiro atoms. The fourth-order valence-electron chi connectivity index (χ4n) is 0.526. The summed E-state index contributed by atoms with van der Waals surface area (Å²) in [7, 11) is 0. The van der Waals surface area contributed by atoms with Crippen molar-refractivity contribution in [2.24, 2.45) is 0 Å². The molecule has 0 saturated heterocycles. The van der Waals surface area contributed by atoms with Crippen molar-refractivity contribution in [1.29, 1.82) is 0 Å². The molecule has 0 bridgehead atoms. The summed E-state index contributed by atoms with van der Waals surface area (Å²) in [6.45, 7) is 0.571. The molecule has 0 aliphatic rings. The first-order chi connectivity index (χ1) is 6.02. The molecule has 0 saturated carbocycles. The highest BCUT2D eigenvalue weighted by molar-refractivity contribution is 5.84. The molecule has 0 fully saturated rings. The van der Waals surface area contributed by atoms with Crippen LogP contribution in [0.25, 0.3) is 0 Å². The van der Waals surface area contributed by atoms with Crippen molar-refractivity contribution in [3.05, 3.63) is 0 Å². The highest BCUT2D eigenvalue weighted by atomic mass is 16.6. The summed E-state index contributed by atoms with van der Waals surface area (Å²) in [6, 6.07) is 0. The number of carbonyl (C=O) groups excluding carboxylic acids is 2.